The second-order valence-corrected chi connectivity index (χ2v) is 7.30. The molecule has 0 bridgehead atoms. The monoisotopic (exact) mass is 475 g/mol. The Labute approximate surface area is 186 Å². The van der Waals surface area contributed by atoms with Crippen molar-refractivity contribution in [2.24, 2.45) is 0 Å². The van der Waals surface area contributed by atoms with Gasteiger partial charge in [0.1, 0.15) is 5.75 Å². The first kappa shape index (κ1) is 24.7. The Morgan fingerprint density at radius 3 is 2.33 bits per heavy atom. The molecular weight excluding hydrogens is 453 g/mol. The van der Waals surface area contributed by atoms with Crippen LogP contribution in [0, 0.1) is 0 Å². The third-order valence-electron chi connectivity index (χ3n) is 5.05. The highest BCUT2D eigenvalue weighted by atomic mass is 19.4. The molecule has 0 amide bonds. The number of anilines is 1. The number of benzene rings is 2. The van der Waals surface area contributed by atoms with Gasteiger partial charge in [-0.2, -0.15) is 8.78 Å². The number of rotatable bonds is 9. The average Bonchev–Trinajstić information content (AvgIpc) is 3.19. The lowest BCUT2D eigenvalue weighted by Gasteiger charge is -2.26. The maximum atomic E-state index is 12.6. The fraction of sp³-hybridized carbons (Fsp3) is 0.409. The molecule has 3 rings (SSSR count). The van der Waals surface area contributed by atoms with E-state index in [0.717, 1.165) is 0 Å². The number of methoxy groups -OCH3 is 1. The van der Waals surface area contributed by atoms with Crippen LogP contribution in [0.1, 0.15) is 22.3 Å². The Balaban J connectivity index is 1.63. The summed E-state index contributed by atoms with van der Waals surface area (Å²) >= 11 is 0. The van der Waals surface area contributed by atoms with Crippen LogP contribution in [0.2, 0.25) is 0 Å². The first-order valence-corrected chi connectivity index (χ1v) is 9.95. The first-order valence-electron chi connectivity index (χ1n) is 9.95. The van der Waals surface area contributed by atoms with E-state index in [1.54, 1.807) is 24.3 Å². The van der Waals surface area contributed by atoms with E-state index in [1.165, 1.54) is 31.4 Å². The molecule has 1 heterocycles. The molecule has 0 radical (unpaired) electrons. The Morgan fingerprint density at radius 1 is 1.09 bits per heavy atom. The molecule has 0 aliphatic carbocycles. The Morgan fingerprint density at radius 2 is 1.76 bits per heavy atom. The van der Waals surface area contributed by atoms with Crippen LogP contribution in [0.15, 0.2) is 48.5 Å². The molecule has 2 aromatic carbocycles. The summed E-state index contributed by atoms with van der Waals surface area (Å²) in [6.07, 6.45) is -4.70. The van der Waals surface area contributed by atoms with Gasteiger partial charge < -0.3 is 23.8 Å². The molecule has 2 aromatic rings. The molecule has 1 saturated heterocycles. The molecule has 1 fully saturated rings. The van der Waals surface area contributed by atoms with E-state index in [-0.39, 0.29) is 25.1 Å². The molecule has 0 unspecified atom stereocenters. The highest BCUT2D eigenvalue weighted by Crippen LogP contribution is 2.29. The van der Waals surface area contributed by atoms with Crippen LogP contribution in [0.5, 0.6) is 5.75 Å². The summed E-state index contributed by atoms with van der Waals surface area (Å²) < 4.78 is 80.9. The highest BCUT2D eigenvalue weighted by Gasteiger charge is 2.34. The van der Waals surface area contributed by atoms with E-state index >= 15 is 0 Å². The van der Waals surface area contributed by atoms with Crippen molar-refractivity contribution in [3.63, 3.8) is 0 Å². The number of esters is 1. The van der Waals surface area contributed by atoms with Gasteiger partial charge in [0, 0.05) is 12.2 Å². The number of carbonyl (C=O) groups is 1. The van der Waals surface area contributed by atoms with Crippen molar-refractivity contribution in [3.8, 4) is 5.75 Å². The fourth-order valence-corrected chi connectivity index (χ4v) is 3.56. The summed E-state index contributed by atoms with van der Waals surface area (Å²) in [5.41, 5.74) is 1.68. The number of carbonyl (C=O) groups excluding carboxylic acids is 1. The van der Waals surface area contributed by atoms with Gasteiger partial charge in [0.2, 0.25) is 0 Å². The summed E-state index contributed by atoms with van der Waals surface area (Å²) in [6, 6.07) is 11.4. The van der Waals surface area contributed by atoms with Gasteiger partial charge in [-0.25, -0.2) is 4.79 Å². The fourth-order valence-electron chi connectivity index (χ4n) is 3.56. The zero-order chi connectivity index (χ0) is 24.0. The summed E-state index contributed by atoms with van der Waals surface area (Å²) in [4.78, 5) is 13.5. The van der Waals surface area contributed by atoms with E-state index in [2.05, 4.69) is 14.2 Å². The summed E-state index contributed by atoms with van der Waals surface area (Å²) in [5, 5.41) is 0. The minimum absolute atomic E-state index is 0.120. The van der Waals surface area contributed by atoms with Gasteiger partial charge in [-0.1, -0.05) is 12.1 Å². The Kier molecular flexibility index (Phi) is 8.09. The third-order valence-corrected chi connectivity index (χ3v) is 5.05. The van der Waals surface area contributed by atoms with Gasteiger partial charge in [-0.05, 0) is 48.4 Å². The zero-order valence-electron chi connectivity index (χ0n) is 17.6. The number of ether oxygens (including phenoxy) is 4. The normalized spacial score (nSPS) is 18.6. The summed E-state index contributed by atoms with van der Waals surface area (Å²) in [7, 11) is 1.27. The molecule has 11 heteroatoms. The Hall–Kier alpha value is -2.92. The van der Waals surface area contributed by atoms with Crippen molar-refractivity contribution in [2.45, 2.75) is 38.1 Å². The van der Waals surface area contributed by atoms with Gasteiger partial charge in [-0.3, -0.25) is 0 Å². The maximum Gasteiger partial charge on any atom is 0.573 e. The quantitative estimate of drug-likeness (QED) is 0.385. The van der Waals surface area contributed by atoms with E-state index in [0.29, 0.717) is 29.8 Å². The van der Waals surface area contributed by atoms with Crippen LogP contribution in [-0.2, 0) is 20.8 Å². The molecule has 0 spiro atoms. The summed E-state index contributed by atoms with van der Waals surface area (Å²) in [5.74, 6) is -0.827. The average molecular weight is 475 g/mol. The van der Waals surface area contributed by atoms with Crippen molar-refractivity contribution in [2.75, 3.05) is 25.2 Å². The second kappa shape index (κ2) is 10.8. The van der Waals surface area contributed by atoms with Crippen molar-refractivity contribution >= 4 is 11.7 Å². The van der Waals surface area contributed by atoms with Crippen LogP contribution in [0.4, 0.5) is 27.6 Å². The van der Waals surface area contributed by atoms with Gasteiger partial charge >= 0.3 is 18.9 Å². The molecule has 180 valence electrons. The molecular formula is C22H22F5NO5. The van der Waals surface area contributed by atoms with Crippen LogP contribution in [0.25, 0.3) is 0 Å². The minimum atomic E-state index is -4.77. The smallest absolute Gasteiger partial charge is 0.465 e. The van der Waals surface area contributed by atoms with Crippen molar-refractivity contribution in [1.29, 1.82) is 0 Å². The topological polar surface area (TPSA) is 57.2 Å². The Bertz CT molecular complexity index is 905. The largest absolute Gasteiger partial charge is 0.573 e. The van der Waals surface area contributed by atoms with Crippen molar-refractivity contribution < 1.29 is 45.7 Å². The van der Waals surface area contributed by atoms with Gasteiger partial charge in [0.25, 0.3) is 0 Å². The maximum absolute atomic E-state index is 12.6. The van der Waals surface area contributed by atoms with E-state index in [4.69, 9.17) is 4.74 Å². The van der Waals surface area contributed by atoms with Gasteiger partial charge in [0.15, 0.2) is 0 Å². The highest BCUT2D eigenvalue weighted by molar-refractivity contribution is 5.89. The van der Waals surface area contributed by atoms with E-state index in [1.807, 2.05) is 4.90 Å². The molecule has 33 heavy (non-hydrogen) atoms. The molecule has 1 aliphatic heterocycles. The molecule has 0 aromatic heterocycles. The zero-order valence-corrected chi connectivity index (χ0v) is 17.6. The van der Waals surface area contributed by atoms with Gasteiger partial charge in [0.05, 0.1) is 38.0 Å². The second-order valence-electron chi connectivity index (χ2n) is 7.30. The first-order chi connectivity index (χ1) is 15.6. The number of halogens is 5. The molecule has 1 aliphatic rings. The SMILES string of the molecule is COC(=O)c1ccc(N2C[C@@H](OCc3ccc(OC(F)(F)F)cc3)C[C@H]2COC(F)F)cc1. The predicted octanol–water partition coefficient (Wildman–Crippen LogP) is 4.78. The van der Waals surface area contributed by atoms with E-state index < -0.39 is 25.0 Å². The molecule has 2 atom stereocenters. The number of hydrogen-bond acceptors (Lipinski definition) is 6. The molecule has 0 N–H and O–H groups in total. The van der Waals surface area contributed by atoms with E-state index in [9.17, 15) is 26.7 Å². The number of nitrogens with zero attached hydrogens (tertiary/aromatic N) is 1. The van der Waals surface area contributed by atoms with Crippen LogP contribution < -0.4 is 9.64 Å². The number of alkyl halides is 5. The predicted molar refractivity (Wildman–Crippen MR) is 107 cm³/mol. The molecule has 0 saturated carbocycles. The van der Waals surface area contributed by atoms with Crippen LogP contribution in [0.3, 0.4) is 0 Å². The lowest BCUT2D eigenvalue weighted by Crippen LogP contribution is -2.34. The van der Waals surface area contributed by atoms with Crippen molar-refractivity contribution in [1.82, 2.24) is 0 Å². The van der Waals surface area contributed by atoms with Crippen molar-refractivity contribution in [3.05, 3.63) is 59.7 Å². The minimum Gasteiger partial charge on any atom is -0.465 e. The van der Waals surface area contributed by atoms with Crippen LogP contribution in [-0.4, -0.2) is 51.4 Å². The standard InChI is InChI=1S/C22H22F5NO5/c1-30-20(29)15-4-6-16(7-5-15)28-11-19(10-17(28)13-32-21(23)24)31-12-14-2-8-18(9-3-14)33-22(25,26)27/h2-9,17,19,21H,10-13H2,1H3/t17-,19-/m0/s1. The third kappa shape index (κ3) is 7.29. The molecule has 6 nitrogen and oxygen atoms in total. The lowest BCUT2D eigenvalue weighted by atomic mass is 10.1. The summed E-state index contributed by atoms with van der Waals surface area (Å²) in [6.45, 7) is -2.63. The van der Waals surface area contributed by atoms with Gasteiger partial charge in [-0.15, -0.1) is 13.2 Å². The lowest BCUT2D eigenvalue weighted by molar-refractivity contribution is -0.274. The van der Waals surface area contributed by atoms with Crippen LogP contribution >= 0.6 is 0 Å². The number of hydrogen-bond donors (Lipinski definition) is 0.